The van der Waals surface area contributed by atoms with Gasteiger partial charge in [0, 0.05) is 6.54 Å². The van der Waals surface area contributed by atoms with Crippen LogP contribution in [0.5, 0.6) is 0 Å². The normalized spacial score (nSPS) is 16.1. The van der Waals surface area contributed by atoms with Crippen molar-refractivity contribution in [3.05, 3.63) is 11.4 Å². The fourth-order valence-electron chi connectivity index (χ4n) is 1.70. The lowest BCUT2D eigenvalue weighted by Gasteiger charge is -2.04. The molecule has 0 unspecified atom stereocenters. The molecule has 14 heavy (non-hydrogen) atoms. The number of hydrogen-bond donors (Lipinski definition) is 1. The molecular formula is C10H17N3O. The minimum absolute atomic E-state index is 0.0196. The summed E-state index contributed by atoms with van der Waals surface area (Å²) in [4.78, 5) is 0. The van der Waals surface area contributed by atoms with Crippen LogP contribution in [0.1, 0.15) is 37.6 Å². The van der Waals surface area contributed by atoms with Crippen LogP contribution in [0.3, 0.4) is 0 Å². The van der Waals surface area contributed by atoms with Crippen molar-refractivity contribution in [2.24, 2.45) is 5.92 Å². The van der Waals surface area contributed by atoms with Gasteiger partial charge in [-0.15, -0.1) is 5.10 Å². The van der Waals surface area contributed by atoms with Gasteiger partial charge in [-0.2, -0.15) is 0 Å². The molecule has 1 N–H and O–H groups in total. The Hall–Kier alpha value is -0.900. The highest BCUT2D eigenvalue weighted by molar-refractivity contribution is 5.11. The molecule has 1 aliphatic carbocycles. The quantitative estimate of drug-likeness (QED) is 0.766. The number of rotatable bonds is 5. The average molecular weight is 195 g/mol. The minimum Gasteiger partial charge on any atom is -0.390 e. The molecule has 0 amide bonds. The van der Waals surface area contributed by atoms with Gasteiger partial charge in [-0.1, -0.05) is 12.1 Å². The number of aliphatic hydroxyl groups is 1. The number of hydrogen-bond acceptors (Lipinski definition) is 3. The van der Waals surface area contributed by atoms with Gasteiger partial charge in [-0.05, 0) is 31.6 Å². The van der Waals surface area contributed by atoms with Crippen molar-refractivity contribution >= 4 is 0 Å². The van der Waals surface area contributed by atoms with E-state index in [2.05, 4.69) is 17.2 Å². The van der Waals surface area contributed by atoms with Gasteiger partial charge < -0.3 is 5.11 Å². The molecule has 1 saturated carbocycles. The van der Waals surface area contributed by atoms with Gasteiger partial charge in [0.15, 0.2) is 0 Å². The molecule has 0 saturated heterocycles. The van der Waals surface area contributed by atoms with Gasteiger partial charge in [-0.3, -0.25) is 0 Å². The van der Waals surface area contributed by atoms with Crippen molar-refractivity contribution in [3.63, 3.8) is 0 Å². The van der Waals surface area contributed by atoms with Crippen LogP contribution in [-0.4, -0.2) is 20.1 Å². The predicted octanol–water partition coefficient (Wildman–Crippen LogP) is 1.13. The zero-order chi connectivity index (χ0) is 9.97. The summed E-state index contributed by atoms with van der Waals surface area (Å²) in [6.07, 6.45) is 4.75. The molecule has 1 aromatic heterocycles. The van der Waals surface area contributed by atoms with Gasteiger partial charge in [0.1, 0.15) is 5.69 Å². The molecule has 0 radical (unpaired) electrons. The van der Waals surface area contributed by atoms with Crippen LogP contribution in [0.15, 0.2) is 0 Å². The number of aliphatic hydroxyl groups excluding tert-OH is 1. The summed E-state index contributed by atoms with van der Waals surface area (Å²) in [5.74, 6) is 0.814. The summed E-state index contributed by atoms with van der Waals surface area (Å²) in [5.41, 5.74) is 1.92. The summed E-state index contributed by atoms with van der Waals surface area (Å²) in [6, 6.07) is 0. The first-order chi connectivity index (χ1) is 6.85. The van der Waals surface area contributed by atoms with Crippen LogP contribution in [0.25, 0.3) is 0 Å². The van der Waals surface area contributed by atoms with Crippen molar-refractivity contribution in [1.82, 2.24) is 15.0 Å². The topological polar surface area (TPSA) is 50.9 Å². The summed E-state index contributed by atoms with van der Waals surface area (Å²) in [5, 5.41) is 17.2. The largest absolute Gasteiger partial charge is 0.390 e. The first-order valence-corrected chi connectivity index (χ1v) is 5.37. The number of nitrogens with zero attached hydrogens (tertiary/aromatic N) is 3. The lowest BCUT2D eigenvalue weighted by molar-refractivity contribution is 0.275. The first kappa shape index (κ1) is 9.65. The second-order valence-electron chi connectivity index (χ2n) is 4.01. The van der Waals surface area contributed by atoms with E-state index in [1.165, 1.54) is 12.8 Å². The van der Waals surface area contributed by atoms with Gasteiger partial charge in [0.05, 0.1) is 12.3 Å². The molecule has 2 rings (SSSR count). The van der Waals surface area contributed by atoms with Gasteiger partial charge >= 0.3 is 0 Å². The van der Waals surface area contributed by atoms with E-state index in [1.54, 1.807) is 0 Å². The molecule has 0 spiro atoms. The molecular weight excluding hydrogens is 178 g/mol. The van der Waals surface area contributed by atoms with Crippen LogP contribution in [-0.2, 0) is 19.6 Å². The predicted molar refractivity (Wildman–Crippen MR) is 52.7 cm³/mol. The van der Waals surface area contributed by atoms with Crippen molar-refractivity contribution in [3.8, 4) is 0 Å². The van der Waals surface area contributed by atoms with Crippen LogP contribution in [0, 0.1) is 5.92 Å². The molecule has 78 valence electrons. The van der Waals surface area contributed by atoms with E-state index in [0.717, 1.165) is 36.7 Å². The summed E-state index contributed by atoms with van der Waals surface area (Å²) in [6.45, 7) is 3.06. The van der Waals surface area contributed by atoms with Crippen molar-refractivity contribution in [2.75, 3.05) is 0 Å². The maximum Gasteiger partial charge on any atom is 0.111 e. The van der Waals surface area contributed by atoms with Crippen LogP contribution < -0.4 is 0 Å². The molecule has 1 heterocycles. The Bertz CT molecular complexity index is 304. The standard InChI is InChI=1S/C10H17N3O/c1-2-5-13-10(6-8-3-4-8)9(7-14)11-12-13/h8,14H,2-7H2,1H3. The Balaban J connectivity index is 2.15. The Kier molecular flexibility index (Phi) is 2.82. The van der Waals surface area contributed by atoms with Crippen LogP contribution >= 0.6 is 0 Å². The third-order valence-electron chi connectivity index (χ3n) is 2.68. The van der Waals surface area contributed by atoms with Crippen molar-refractivity contribution in [1.29, 1.82) is 0 Å². The van der Waals surface area contributed by atoms with Gasteiger partial charge in [0.25, 0.3) is 0 Å². The molecule has 1 fully saturated rings. The van der Waals surface area contributed by atoms with E-state index in [0.29, 0.717) is 0 Å². The summed E-state index contributed by atoms with van der Waals surface area (Å²) < 4.78 is 1.95. The van der Waals surface area contributed by atoms with E-state index >= 15 is 0 Å². The Labute approximate surface area is 83.9 Å². The Morgan fingerprint density at radius 1 is 1.50 bits per heavy atom. The fourth-order valence-corrected chi connectivity index (χ4v) is 1.70. The molecule has 4 heteroatoms. The van der Waals surface area contributed by atoms with Crippen molar-refractivity contribution < 1.29 is 5.11 Å². The lowest BCUT2D eigenvalue weighted by Crippen LogP contribution is -2.06. The van der Waals surface area contributed by atoms with E-state index in [-0.39, 0.29) is 6.61 Å². The van der Waals surface area contributed by atoms with E-state index in [1.807, 2.05) is 4.68 Å². The highest BCUT2D eigenvalue weighted by Gasteiger charge is 2.25. The number of aromatic nitrogens is 3. The second-order valence-corrected chi connectivity index (χ2v) is 4.01. The monoisotopic (exact) mass is 195 g/mol. The van der Waals surface area contributed by atoms with E-state index < -0.39 is 0 Å². The number of aryl methyl sites for hydroxylation is 1. The SMILES string of the molecule is CCCn1nnc(CO)c1CC1CC1. The molecule has 0 bridgehead atoms. The highest BCUT2D eigenvalue weighted by Crippen LogP contribution is 2.33. The third-order valence-corrected chi connectivity index (χ3v) is 2.68. The minimum atomic E-state index is 0.0196. The smallest absolute Gasteiger partial charge is 0.111 e. The van der Waals surface area contributed by atoms with Crippen LogP contribution in [0.4, 0.5) is 0 Å². The zero-order valence-electron chi connectivity index (χ0n) is 8.61. The summed E-state index contributed by atoms with van der Waals surface area (Å²) >= 11 is 0. The van der Waals surface area contributed by atoms with Gasteiger partial charge in [-0.25, -0.2) is 4.68 Å². The molecule has 4 nitrogen and oxygen atoms in total. The zero-order valence-corrected chi connectivity index (χ0v) is 8.61. The molecule has 0 aliphatic heterocycles. The average Bonchev–Trinajstić information content (AvgIpc) is 2.91. The Morgan fingerprint density at radius 3 is 2.86 bits per heavy atom. The highest BCUT2D eigenvalue weighted by atomic mass is 16.3. The molecule has 0 atom stereocenters. The van der Waals surface area contributed by atoms with E-state index in [9.17, 15) is 0 Å². The Morgan fingerprint density at radius 2 is 2.29 bits per heavy atom. The van der Waals surface area contributed by atoms with Crippen LogP contribution in [0.2, 0.25) is 0 Å². The third kappa shape index (κ3) is 1.95. The first-order valence-electron chi connectivity index (χ1n) is 5.37. The fraction of sp³-hybridized carbons (Fsp3) is 0.800. The molecule has 1 aliphatic rings. The van der Waals surface area contributed by atoms with E-state index in [4.69, 9.17) is 5.11 Å². The maximum absolute atomic E-state index is 9.12. The molecule has 1 aromatic rings. The summed E-state index contributed by atoms with van der Waals surface area (Å²) in [7, 11) is 0. The maximum atomic E-state index is 9.12. The molecule has 0 aromatic carbocycles. The second kappa shape index (κ2) is 4.09. The van der Waals surface area contributed by atoms with Gasteiger partial charge in [0.2, 0.25) is 0 Å². The van der Waals surface area contributed by atoms with Crippen molar-refractivity contribution in [2.45, 2.75) is 45.8 Å². The lowest BCUT2D eigenvalue weighted by atomic mass is 10.2.